The highest BCUT2D eigenvalue weighted by Crippen LogP contribution is 2.35. The lowest BCUT2D eigenvalue weighted by Crippen LogP contribution is -2.42. The molecule has 2 rings (SSSR count). The van der Waals surface area contributed by atoms with Crippen LogP contribution >= 0.6 is 0 Å². The van der Waals surface area contributed by atoms with E-state index in [9.17, 15) is 4.39 Å². The summed E-state index contributed by atoms with van der Waals surface area (Å²) in [5.74, 6) is -0.179. The van der Waals surface area contributed by atoms with E-state index < -0.39 is 5.60 Å². The first-order valence-corrected chi connectivity index (χ1v) is 5.72. The number of halogens is 1. The molecule has 1 heterocycles. The lowest BCUT2D eigenvalue weighted by atomic mass is 9.85. The summed E-state index contributed by atoms with van der Waals surface area (Å²) < 4.78 is 19.5. The Morgan fingerprint density at radius 1 is 1.44 bits per heavy atom. The molecule has 2 atom stereocenters. The number of hydrogen-bond acceptors (Lipinski definition) is 2. The fourth-order valence-electron chi connectivity index (χ4n) is 2.38. The van der Waals surface area contributed by atoms with Crippen molar-refractivity contribution in [3.63, 3.8) is 0 Å². The van der Waals surface area contributed by atoms with Crippen LogP contribution in [-0.4, -0.2) is 19.7 Å². The van der Waals surface area contributed by atoms with Crippen molar-refractivity contribution in [1.29, 1.82) is 0 Å². The van der Waals surface area contributed by atoms with Crippen LogP contribution < -0.4 is 5.32 Å². The Bertz CT molecular complexity index is 369. The van der Waals surface area contributed by atoms with Gasteiger partial charge in [-0.15, -0.1) is 0 Å². The lowest BCUT2D eigenvalue weighted by Gasteiger charge is -2.38. The van der Waals surface area contributed by atoms with Gasteiger partial charge in [-0.25, -0.2) is 4.39 Å². The Morgan fingerprint density at radius 2 is 2.19 bits per heavy atom. The Hall–Kier alpha value is -0.930. The van der Waals surface area contributed by atoms with Gasteiger partial charge in [-0.3, -0.25) is 0 Å². The first-order valence-electron chi connectivity index (χ1n) is 5.72. The molecule has 1 fully saturated rings. The molecule has 0 saturated carbocycles. The molecule has 1 aliphatic rings. The van der Waals surface area contributed by atoms with E-state index in [1.54, 1.807) is 6.07 Å². The Balaban J connectivity index is 2.27. The molecule has 0 aromatic heterocycles. The maximum absolute atomic E-state index is 13.7. The van der Waals surface area contributed by atoms with E-state index in [1.165, 1.54) is 6.07 Å². The molecule has 2 unspecified atom stereocenters. The van der Waals surface area contributed by atoms with E-state index >= 15 is 0 Å². The summed E-state index contributed by atoms with van der Waals surface area (Å²) in [6.07, 6.45) is 1.80. The van der Waals surface area contributed by atoms with Crippen molar-refractivity contribution in [2.45, 2.75) is 31.4 Å². The molecule has 3 heteroatoms. The van der Waals surface area contributed by atoms with Gasteiger partial charge in [-0.05, 0) is 32.9 Å². The zero-order valence-electron chi connectivity index (χ0n) is 9.79. The SMILES string of the molecule is CNC1CCOC(C)(c2ccccc2F)C1. The van der Waals surface area contributed by atoms with E-state index in [-0.39, 0.29) is 5.82 Å². The average Bonchev–Trinajstić information content (AvgIpc) is 2.29. The number of benzene rings is 1. The molecule has 1 N–H and O–H groups in total. The number of ether oxygens (including phenoxy) is 1. The summed E-state index contributed by atoms with van der Waals surface area (Å²) in [6, 6.07) is 7.27. The summed E-state index contributed by atoms with van der Waals surface area (Å²) in [6.45, 7) is 2.64. The molecule has 2 nitrogen and oxygen atoms in total. The molecule has 1 aromatic rings. The third-order valence-corrected chi connectivity index (χ3v) is 3.37. The Labute approximate surface area is 95.8 Å². The zero-order valence-corrected chi connectivity index (χ0v) is 9.79. The minimum atomic E-state index is -0.503. The summed E-state index contributed by atoms with van der Waals surface area (Å²) >= 11 is 0. The van der Waals surface area contributed by atoms with Crippen molar-refractivity contribution in [3.8, 4) is 0 Å². The van der Waals surface area contributed by atoms with Crippen LogP contribution in [0.2, 0.25) is 0 Å². The summed E-state index contributed by atoms with van der Waals surface area (Å²) in [5.41, 5.74) is 0.159. The van der Waals surface area contributed by atoms with Gasteiger partial charge >= 0.3 is 0 Å². The highest BCUT2D eigenvalue weighted by molar-refractivity contribution is 5.24. The van der Waals surface area contributed by atoms with Gasteiger partial charge in [0.2, 0.25) is 0 Å². The number of nitrogens with one attached hydrogen (secondary N) is 1. The van der Waals surface area contributed by atoms with Gasteiger partial charge in [-0.2, -0.15) is 0 Å². The predicted octanol–water partition coefficient (Wildman–Crippen LogP) is 2.44. The second-order valence-electron chi connectivity index (χ2n) is 4.54. The third kappa shape index (κ3) is 2.11. The van der Waals surface area contributed by atoms with Crippen LogP contribution in [0.25, 0.3) is 0 Å². The van der Waals surface area contributed by atoms with Crippen molar-refractivity contribution >= 4 is 0 Å². The van der Waals surface area contributed by atoms with Crippen LogP contribution in [-0.2, 0) is 10.3 Å². The van der Waals surface area contributed by atoms with Gasteiger partial charge in [0.1, 0.15) is 5.82 Å². The van der Waals surface area contributed by atoms with Crippen molar-refractivity contribution in [2.24, 2.45) is 0 Å². The van der Waals surface area contributed by atoms with E-state index in [0.717, 1.165) is 12.8 Å². The summed E-state index contributed by atoms with van der Waals surface area (Å²) in [7, 11) is 1.94. The fraction of sp³-hybridized carbons (Fsp3) is 0.538. The highest BCUT2D eigenvalue weighted by Gasteiger charge is 2.36. The van der Waals surface area contributed by atoms with E-state index in [0.29, 0.717) is 18.2 Å². The largest absolute Gasteiger partial charge is 0.370 e. The van der Waals surface area contributed by atoms with Gasteiger partial charge < -0.3 is 10.1 Å². The van der Waals surface area contributed by atoms with Gasteiger partial charge in [0, 0.05) is 18.2 Å². The van der Waals surface area contributed by atoms with Crippen molar-refractivity contribution in [1.82, 2.24) is 5.32 Å². The molecular formula is C13H18FNO. The first kappa shape index (κ1) is 11.6. The van der Waals surface area contributed by atoms with Crippen LogP contribution in [0.3, 0.4) is 0 Å². The second-order valence-corrected chi connectivity index (χ2v) is 4.54. The molecule has 0 bridgehead atoms. The van der Waals surface area contributed by atoms with Gasteiger partial charge in [-0.1, -0.05) is 18.2 Å². The molecule has 1 aliphatic heterocycles. The fourth-order valence-corrected chi connectivity index (χ4v) is 2.38. The molecule has 1 aromatic carbocycles. The maximum atomic E-state index is 13.7. The Kier molecular flexibility index (Phi) is 3.26. The van der Waals surface area contributed by atoms with Gasteiger partial charge in [0.15, 0.2) is 0 Å². The van der Waals surface area contributed by atoms with Crippen molar-refractivity contribution in [3.05, 3.63) is 35.6 Å². The summed E-state index contributed by atoms with van der Waals surface area (Å²) in [4.78, 5) is 0. The third-order valence-electron chi connectivity index (χ3n) is 3.37. The van der Waals surface area contributed by atoms with E-state index in [1.807, 2.05) is 26.1 Å². The van der Waals surface area contributed by atoms with Crippen LogP contribution in [0.5, 0.6) is 0 Å². The Morgan fingerprint density at radius 3 is 2.88 bits per heavy atom. The molecule has 0 spiro atoms. The van der Waals surface area contributed by atoms with Crippen molar-refractivity contribution in [2.75, 3.05) is 13.7 Å². The number of hydrogen-bond donors (Lipinski definition) is 1. The minimum absolute atomic E-state index is 0.179. The van der Waals surface area contributed by atoms with Gasteiger partial charge in [0.25, 0.3) is 0 Å². The number of rotatable bonds is 2. The molecule has 16 heavy (non-hydrogen) atoms. The molecule has 88 valence electrons. The van der Waals surface area contributed by atoms with Crippen molar-refractivity contribution < 1.29 is 9.13 Å². The highest BCUT2D eigenvalue weighted by atomic mass is 19.1. The van der Waals surface area contributed by atoms with E-state index in [4.69, 9.17) is 4.74 Å². The standard InChI is InChI=1S/C13H18FNO/c1-13(9-10(15-2)7-8-16-13)11-5-3-4-6-12(11)14/h3-6,10,15H,7-9H2,1-2H3. The zero-order chi connectivity index (χ0) is 11.6. The summed E-state index contributed by atoms with van der Waals surface area (Å²) in [5, 5.41) is 3.25. The molecule has 0 radical (unpaired) electrons. The maximum Gasteiger partial charge on any atom is 0.129 e. The molecular weight excluding hydrogens is 205 g/mol. The smallest absolute Gasteiger partial charge is 0.129 e. The van der Waals surface area contributed by atoms with Crippen LogP contribution in [0, 0.1) is 5.82 Å². The first-order chi connectivity index (χ1) is 7.65. The second kappa shape index (κ2) is 4.52. The minimum Gasteiger partial charge on any atom is -0.370 e. The molecule has 0 amide bonds. The topological polar surface area (TPSA) is 21.3 Å². The molecule has 0 aliphatic carbocycles. The quantitative estimate of drug-likeness (QED) is 0.831. The van der Waals surface area contributed by atoms with Crippen LogP contribution in [0.4, 0.5) is 4.39 Å². The van der Waals surface area contributed by atoms with Crippen LogP contribution in [0.1, 0.15) is 25.3 Å². The average molecular weight is 223 g/mol. The monoisotopic (exact) mass is 223 g/mol. The lowest BCUT2D eigenvalue weighted by molar-refractivity contribution is -0.0823. The normalized spacial score (nSPS) is 30.3. The van der Waals surface area contributed by atoms with Gasteiger partial charge in [0.05, 0.1) is 5.60 Å². The van der Waals surface area contributed by atoms with E-state index in [2.05, 4.69) is 5.32 Å². The predicted molar refractivity (Wildman–Crippen MR) is 61.8 cm³/mol. The molecule has 1 saturated heterocycles. The van der Waals surface area contributed by atoms with Crippen LogP contribution in [0.15, 0.2) is 24.3 Å².